The van der Waals surface area contributed by atoms with Gasteiger partial charge in [-0.15, -0.1) is 0 Å². The summed E-state index contributed by atoms with van der Waals surface area (Å²) in [4.78, 5) is 23.2. The number of furan rings is 1. The van der Waals surface area contributed by atoms with E-state index in [1.807, 2.05) is 12.1 Å². The van der Waals surface area contributed by atoms with E-state index in [4.69, 9.17) is 19.0 Å². The number of carbonyl (C=O) groups excluding carboxylic acids is 1. The van der Waals surface area contributed by atoms with Crippen LogP contribution in [0.25, 0.3) is 11.0 Å². The van der Waals surface area contributed by atoms with Crippen molar-refractivity contribution in [2.24, 2.45) is 5.10 Å². The van der Waals surface area contributed by atoms with Crippen molar-refractivity contribution in [1.29, 1.82) is 0 Å². The Hall–Kier alpha value is -2.37. The van der Waals surface area contributed by atoms with Crippen molar-refractivity contribution in [1.82, 2.24) is 5.43 Å². The molecule has 8 nitrogen and oxygen atoms in total. The number of hydrogen-bond acceptors (Lipinski definition) is 6. The molecule has 1 amide bonds. The molecule has 0 atom stereocenters. The Labute approximate surface area is 202 Å². The molecule has 0 aliphatic heterocycles. The lowest BCUT2D eigenvalue weighted by Gasteiger charge is -2.12. The number of halogens is 3. The lowest BCUT2D eigenvalue weighted by molar-refractivity contribution is -0.139. The molecule has 0 aliphatic rings. The molecule has 0 saturated carbocycles. The summed E-state index contributed by atoms with van der Waals surface area (Å²) in [5.74, 6) is -0.879. The third kappa shape index (κ3) is 5.86. The van der Waals surface area contributed by atoms with E-state index in [1.165, 1.54) is 6.21 Å². The Balaban J connectivity index is 1.76. The molecular formula is C20H15Br3N2O6. The summed E-state index contributed by atoms with van der Waals surface area (Å²) in [6.45, 7) is 1.65. The van der Waals surface area contributed by atoms with Crippen molar-refractivity contribution in [2.45, 2.75) is 6.92 Å². The van der Waals surface area contributed by atoms with Crippen LogP contribution in [-0.2, 0) is 4.79 Å². The van der Waals surface area contributed by atoms with Crippen molar-refractivity contribution in [2.75, 3.05) is 13.2 Å². The summed E-state index contributed by atoms with van der Waals surface area (Å²) in [6, 6.07) is 8.47. The van der Waals surface area contributed by atoms with Crippen LogP contribution in [0, 0.1) is 0 Å². The van der Waals surface area contributed by atoms with Crippen LogP contribution in [0.2, 0.25) is 0 Å². The number of hydrogen-bond donors (Lipinski definition) is 2. The highest BCUT2D eigenvalue weighted by Crippen LogP contribution is 2.33. The summed E-state index contributed by atoms with van der Waals surface area (Å²) in [6.07, 6.45) is 1.42. The van der Waals surface area contributed by atoms with E-state index >= 15 is 0 Å². The van der Waals surface area contributed by atoms with Crippen molar-refractivity contribution < 1.29 is 28.6 Å². The van der Waals surface area contributed by atoms with Crippen LogP contribution in [0.5, 0.6) is 11.5 Å². The molecule has 2 aromatic carbocycles. The standard InChI is InChI=1S/C20H15Br3N2O6/c1-2-29-15-5-11(13(22)7-16(15)30-9-18(26)27)8-24-25-20(28)17-4-10-3-12(21)6-14(23)19(10)31-17/h3-8H,2,9H2,1H3,(H,25,28)(H,26,27)/b24-8-. The van der Waals surface area contributed by atoms with Crippen molar-refractivity contribution in [3.63, 3.8) is 0 Å². The molecule has 3 aromatic rings. The molecule has 0 radical (unpaired) electrons. The summed E-state index contributed by atoms with van der Waals surface area (Å²) in [5.41, 5.74) is 3.55. The van der Waals surface area contributed by atoms with Crippen LogP contribution in [-0.4, -0.2) is 36.4 Å². The average Bonchev–Trinajstić information content (AvgIpc) is 3.13. The second-order valence-electron chi connectivity index (χ2n) is 6.05. The van der Waals surface area contributed by atoms with Gasteiger partial charge in [0.15, 0.2) is 23.9 Å². The first-order chi connectivity index (χ1) is 14.8. The molecule has 0 unspecified atom stereocenters. The topological polar surface area (TPSA) is 110 Å². The molecule has 1 heterocycles. The molecule has 162 valence electrons. The molecule has 0 aliphatic carbocycles. The molecule has 1 aromatic heterocycles. The second kappa shape index (κ2) is 10.3. The van der Waals surface area contributed by atoms with Crippen molar-refractivity contribution >= 4 is 76.9 Å². The van der Waals surface area contributed by atoms with E-state index in [1.54, 1.807) is 25.1 Å². The van der Waals surface area contributed by atoms with E-state index in [0.717, 1.165) is 14.3 Å². The number of nitrogens with one attached hydrogen (secondary N) is 1. The first kappa shape index (κ1) is 23.3. The van der Waals surface area contributed by atoms with Gasteiger partial charge >= 0.3 is 11.9 Å². The number of hydrazone groups is 1. The minimum absolute atomic E-state index is 0.109. The minimum atomic E-state index is -1.10. The quantitative estimate of drug-likeness (QED) is 0.260. The van der Waals surface area contributed by atoms with Gasteiger partial charge in [0.05, 0.1) is 17.3 Å². The fourth-order valence-electron chi connectivity index (χ4n) is 2.57. The van der Waals surface area contributed by atoms with E-state index in [0.29, 0.717) is 28.0 Å². The number of aliphatic carboxylic acids is 1. The van der Waals surface area contributed by atoms with Crippen molar-refractivity contribution in [3.05, 3.63) is 55.1 Å². The average molecular weight is 619 g/mol. The van der Waals surface area contributed by atoms with Gasteiger partial charge in [0.25, 0.3) is 0 Å². The van der Waals surface area contributed by atoms with Crippen LogP contribution < -0.4 is 14.9 Å². The molecule has 0 spiro atoms. The number of amides is 1. The summed E-state index contributed by atoms with van der Waals surface area (Å²) in [5, 5.41) is 13.5. The molecule has 0 saturated heterocycles. The number of ether oxygens (including phenoxy) is 2. The lowest BCUT2D eigenvalue weighted by atomic mass is 10.2. The molecular weight excluding hydrogens is 604 g/mol. The number of carboxylic acids is 1. The lowest BCUT2D eigenvalue weighted by Crippen LogP contribution is -2.16. The first-order valence-electron chi connectivity index (χ1n) is 8.81. The van der Waals surface area contributed by atoms with Gasteiger partial charge in [-0.05, 0) is 69.1 Å². The van der Waals surface area contributed by atoms with E-state index in [-0.39, 0.29) is 11.5 Å². The second-order valence-corrected chi connectivity index (χ2v) is 8.68. The normalized spacial score (nSPS) is 11.1. The van der Waals surface area contributed by atoms with Gasteiger partial charge in [-0.3, -0.25) is 4.79 Å². The summed E-state index contributed by atoms with van der Waals surface area (Å²) >= 11 is 10.2. The SMILES string of the molecule is CCOc1cc(/C=N\NC(=O)c2cc3cc(Br)cc(Br)c3o2)c(Br)cc1OCC(=O)O. The highest BCUT2D eigenvalue weighted by atomic mass is 79.9. The molecule has 3 rings (SSSR count). The molecule has 31 heavy (non-hydrogen) atoms. The molecule has 0 fully saturated rings. The number of carboxylic acid groups (broad SMARTS) is 1. The maximum Gasteiger partial charge on any atom is 0.341 e. The van der Waals surface area contributed by atoms with Gasteiger partial charge < -0.3 is 19.0 Å². The van der Waals surface area contributed by atoms with Crippen molar-refractivity contribution in [3.8, 4) is 11.5 Å². The zero-order valence-electron chi connectivity index (χ0n) is 15.9. The smallest absolute Gasteiger partial charge is 0.341 e. The Morgan fingerprint density at radius 2 is 1.84 bits per heavy atom. The van der Waals surface area contributed by atoms with Gasteiger partial charge in [0, 0.05) is 19.9 Å². The van der Waals surface area contributed by atoms with Crippen LogP contribution in [0.15, 0.2) is 53.3 Å². The minimum Gasteiger partial charge on any atom is -0.490 e. The molecule has 0 bridgehead atoms. The number of nitrogens with zero attached hydrogens (tertiary/aromatic N) is 1. The maximum absolute atomic E-state index is 12.4. The summed E-state index contributed by atoms with van der Waals surface area (Å²) < 4.78 is 18.5. The zero-order valence-corrected chi connectivity index (χ0v) is 20.7. The van der Waals surface area contributed by atoms with Gasteiger partial charge in [-0.1, -0.05) is 15.9 Å². The number of benzene rings is 2. The monoisotopic (exact) mass is 616 g/mol. The Kier molecular flexibility index (Phi) is 7.74. The highest BCUT2D eigenvalue weighted by Gasteiger charge is 2.15. The van der Waals surface area contributed by atoms with Crippen LogP contribution >= 0.6 is 47.8 Å². The maximum atomic E-state index is 12.4. The number of rotatable bonds is 8. The Bertz CT molecular complexity index is 1180. The summed E-state index contributed by atoms with van der Waals surface area (Å²) in [7, 11) is 0. The van der Waals surface area contributed by atoms with Crippen LogP contribution in [0.1, 0.15) is 23.0 Å². The van der Waals surface area contributed by atoms with Crippen LogP contribution in [0.3, 0.4) is 0 Å². The van der Waals surface area contributed by atoms with Gasteiger partial charge in [-0.25, -0.2) is 10.2 Å². The number of carbonyl (C=O) groups is 2. The number of fused-ring (bicyclic) bond motifs is 1. The Morgan fingerprint density at radius 3 is 2.55 bits per heavy atom. The predicted octanol–water partition coefficient (Wildman–Crippen LogP) is 5.35. The first-order valence-corrected chi connectivity index (χ1v) is 11.2. The largest absolute Gasteiger partial charge is 0.490 e. The zero-order chi connectivity index (χ0) is 22.5. The predicted molar refractivity (Wildman–Crippen MR) is 125 cm³/mol. The van der Waals surface area contributed by atoms with Gasteiger partial charge in [0.1, 0.15) is 5.58 Å². The molecule has 2 N–H and O–H groups in total. The fourth-order valence-corrected chi connectivity index (χ4v) is 4.34. The van der Waals surface area contributed by atoms with Gasteiger partial charge in [0.2, 0.25) is 0 Å². The van der Waals surface area contributed by atoms with E-state index < -0.39 is 18.5 Å². The fraction of sp³-hybridized carbons (Fsp3) is 0.150. The Morgan fingerprint density at radius 1 is 1.10 bits per heavy atom. The molecule has 11 heteroatoms. The third-order valence-electron chi connectivity index (χ3n) is 3.84. The van der Waals surface area contributed by atoms with Gasteiger partial charge in [-0.2, -0.15) is 5.10 Å². The van der Waals surface area contributed by atoms with Crippen LogP contribution in [0.4, 0.5) is 0 Å². The third-order valence-corrected chi connectivity index (χ3v) is 5.58. The van der Waals surface area contributed by atoms with E-state index in [9.17, 15) is 9.59 Å². The van der Waals surface area contributed by atoms with E-state index in [2.05, 4.69) is 58.3 Å². The highest BCUT2D eigenvalue weighted by molar-refractivity contribution is 9.11.